The van der Waals surface area contributed by atoms with E-state index in [0.717, 1.165) is 25.1 Å². The molecule has 0 bridgehead atoms. The predicted molar refractivity (Wildman–Crippen MR) is 88.4 cm³/mol. The Morgan fingerprint density at radius 3 is 2.83 bits per heavy atom. The first-order valence-corrected chi connectivity index (χ1v) is 8.16. The Morgan fingerprint density at radius 1 is 1.30 bits per heavy atom. The number of fused-ring (bicyclic) bond motifs is 1. The Balaban J connectivity index is 1.53. The average Bonchev–Trinajstić information content (AvgIpc) is 3.13. The van der Waals surface area contributed by atoms with Gasteiger partial charge in [-0.25, -0.2) is 0 Å². The zero-order valence-corrected chi connectivity index (χ0v) is 14.0. The van der Waals surface area contributed by atoms with Crippen LogP contribution in [-0.2, 0) is 23.1 Å². The third-order valence-corrected chi connectivity index (χ3v) is 4.11. The summed E-state index contributed by atoms with van der Waals surface area (Å²) in [6.45, 7) is 6.94. The number of hydrogen-bond acceptors (Lipinski definition) is 4. The van der Waals surface area contributed by atoms with Crippen molar-refractivity contribution in [2.24, 2.45) is 0 Å². The molecule has 0 fully saturated rings. The van der Waals surface area contributed by atoms with E-state index in [1.54, 1.807) is 0 Å². The molecule has 0 unspecified atom stereocenters. The van der Waals surface area contributed by atoms with Crippen LogP contribution in [0.25, 0.3) is 0 Å². The molecule has 0 saturated carbocycles. The van der Waals surface area contributed by atoms with Crippen molar-refractivity contribution in [3.05, 3.63) is 41.5 Å². The first-order chi connectivity index (χ1) is 10.9. The van der Waals surface area contributed by atoms with E-state index in [2.05, 4.69) is 37.0 Å². The molecule has 1 aliphatic rings. The van der Waals surface area contributed by atoms with E-state index in [4.69, 9.17) is 4.52 Å². The molecule has 1 aromatic carbocycles. The minimum absolute atomic E-state index is 0.114. The van der Waals surface area contributed by atoms with Crippen LogP contribution in [0.3, 0.4) is 0 Å². The number of hydrogen-bond donors (Lipinski definition) is 0. The molecule has 0 N–H and O–H groups in total. The number of nitrogens with zero attached hydrogens (tertiary/aromatic N) is 3. The van der Waals surface area contributed by atoms with E-state index < -0.39 is 0 Å². The quantitative estimate of drug-likeness (QED) is 0.869. The summed E-state index contributed by atoms with van der Waals surface area (Å²) in [4.78, 5) is 18.7. The summed E-state index contributed by atoms with van der Waals surface area (Å²) in [7, 11) is 0. The number of aromatic nitrogens is 2. The van der Waals surface area contributed by atoms with Gasteiger partial charge in [0.05, 0.1) is 0 Å². The molecular weight excluding hydrogens is 290 g/mol. The Labute approximate surface area is 136 Å². The second-order valence-corrected chi connectivity index (χ2v) is 7.04. The second-order valence-electron chi connectivity index (χ2n) is 7.04. The second kappa shape index (κ2) is 6.14. The zero-order valence-electron chi connectivity index (χ0n) is 14.0. The smallest absolute Gasteiger partial charge is 0.227 e. The molecule has 0 aliphatic carbocycles. The number of para-hydroxylation sites is 1. The summed E-state index contributed by atoms with van der Waals surface area (Å²) < 4.78 is 5.27. The van der Waals surface area contributed by atoms with Gasteiger partial charge in [-0.05, 0) is 24.5 Å². The van der Waals surface area contributed by atoms with Crippen molar-refractivity contribution in [1.82, 2.24) is 10.1 Å². The van der Waals surface area contributed by atoms with Crippen LogP contribution in [0.2, 0.25) is 0 Å². The molecule has 5 heteroatoms. The lowest BCUT2D eigenvalue weighted by atomic mass is 9.96. The Bertz CT molecular complexity index is 700. The van der Waals surface area contributed by atoms with Crippen molar-refractivity contribution in [3.63, 3.8) is 0 Å². The maximum absolute atomic E-state index is 12.4. The van der Waals surface area contributed by atoms with Crippen LogP contribution in [0.4, 0.5) is 5.69 Å². The van der Waals surface area contributed by atoms with Crippen LogP contribution in [0.15, 0.2) is 28.8 Å². The molecule has 1 aromatic heterocycles. The van der Waals surface area contributed by atoms with E-state index in [0.29, 0.717) is 24.6 Å². The molecule has 1 amide bonds. The van der Waals surface area contributed by atoms with Crippen LogP contribution in [0, 0.1) is 0 Å². The zero-order chi connectivity index (χ0) is 16.4. The molecule has 1 aliphatic heterocycles. The molecule has 2 aromatic rings. The Morgan fingerprint density at radius 2 is 2.09 bits per heavy atom. The minimum Gasteiger partial charge on any atom is -0.339 e. The summed E-state index contributed by atoms with van der Waals surface area (Å²) >= 11 is 0. The standard InChI is InChI=1S/C18H23N3O2/c1-18(2,3)17-19-15(23-20-17)9-6-10-16(22)21-12-11-13-7-4-5-8-14(13)21/h4-5,7-8H,6,9-12H2,1-3H3. The highest BCUT2D eigenvalue weighted by atomic mass is 16.5. The van der Waals surface area contributed by atoms with Gasteiger partial charge in [0.15, 0.2) is 5.82 Å². The summed E-state index contributed by atoms with van der Waals surface area (Å²) in [5.41, 5.74) is 2.20. The number of aryl methyl sites for hydroxylation is 1. The SMILES string of the molecule is CC(C)(C)c1noc(CCCC(=O)N2CCc3ccccc32)n1. The van der Waals surface area contributed by atoms with Gasteiger partial charge in [-0.3, -0.25) is 4.79 Å². The molecule has 3 rings (SSSR count). The molecule has 0 radical (unpaired) electrons. The third-order valence-electron chi connectivity index (χ3n) is 4.11. The maximum atomic E-state index is 12.4. The van der Waals surface area contributed by atoms with Gasteiger partial charge in [-0.1, -0.05) is 44.1 Å². The minimum atomic E-state index is -0.114. The van der Waals surface area contributed by atoms with E-state index in [1.807, 2.05) is 23.1 Å². The van der Waals surface area contributed by atoms with Gasteiger partial charge in [-0.2, -0.15) is 4.98 Å². The van der Waals surface area contributed by atoms with Crippen molar-refractivity contribution in [2.75, 3.05) is 11.4 Å². The molecular formula is C18H23N3O2. The third kappa shape index (κ3) is 3.44. The number of carbonyl (C=O) groups excluding carboxylic acids is 1. The van der Waals surface area contributed by atoms with Crippen molar-refractivity contribution in [3.8, 4) is 0 Å². The first-order valence-electron chi connectivity index (χ1n) is 8.16. The number of anilines is 1. The highest BCUT2D eigenvalue weighted by Crippen LogP contribution is 2.28. The van der Waals surface area contributed by atoms with Crippen LogP contribution in [0.1, 0.15) is 50.9 Å². The maximum Gasteiger partial charge on any atom is 0.227 e. The summed E-state index contributed by atoms with van der Waals surface area (Å²) in [6, 6.07) is 8.12. The fourth-order valence-corrected chi connectivity index (χ4v) is 2.78. The number of benzene rings is 1. The van der Waals surface area contributed by atoms with Crippen molar-refractivity contribution < 1.29 is 9.32 Å². The van der Waals surface area contributed by atoms with Crippen LogP contribution >= 0.6 is 0 Å². The lowest BCUT2D eigenvalue weighted by Gasteiger charge is -2.16. The van der Waals surface area contributed by atoms with Crippen molar-refractivity contribution in [1.29, 1.82) is 0 Å². The largest absolute Gasteiger partial charge is 0.339 e. The van der Waals surface area contributed by atoms with Gasteiger partial charge >= 0.3 is 0 Å². The first kappa shape index (κ1) is 15.7. The fraction of sp³-hybridized carbons (Fsp3) is 0.500. The van der Waals surface area contributed by atoms with Crippen molar-refractivity contribution in [2.45, 2.75) is 51.9 Å². The molecule has 0 saturated heterocycles. The average molecular weight is 313 g/mol. The lowest BCUT2D eigenvalue weighted by Crippen LogP contribution is -2.28. The Kier molecular flexibility index (Phi) is 4.20. The highest BCUT2D eigenvalue weighted by Gasteiger charge is 2.24. The normalized spacial score (nSPS) is 14.1. The lowest BCUT2D eigenvalue weighted by molar-refractivity contribution is -0.118. The van der Waals surface area contributed by atoms with Gasteiger partial charge in [0, 0.05) is 30.5 Å². The number of rotatable bonds is 4. The van der Waals surface area contributed by atoms with Crippen LogP contribution < -0.4 is 4.90 Å². The highest BCUT2D eigenvalue weighted by molar-refractivity contribution is 5.95. The van der Waals surface area contributed by atoms with E-state index >= 15 is 0 Å². The molecule has 5 nitrogen and oxygen atoms in total. The summed E-state index contributed by atoms with van der Waals surface area (Å²) in [6.07, 6.45) is 2.82. The van der Waals surface area contributed by atoms with Gasteiger partial charge < -0.3 is 9.42 Å². The molecule has 0 atom stereocenters. The molecule has 0 spiro atoms. The van der Waals surface area contributed by atoms with Gasteiger partial charge in [-0.15, -0.1) is 0 Å². The molecule has 2 heterocycles. The van der Waals surface area contributed by atoms with E-state index in [9.17, 15) is 4.79 Å². The van der Waals surface area contributed by atoms with Crippen molar-refractivity contribution >= 4 is 11.6 Å². The number of amides is 1. The number of carbonyl (C=O) groups is 1. The predicted octanol–water partition coefficient (Wildman–Crippen LogP) is 3.28. The monoisotopic (exact) mass is 313 g/mol. The summed E-state index contributed by atoms with van der Waals surface area (Å²) in [5.74, 6) is 1.50. The summed E-state index contributed by atoms with van der Waals surface area (Å²) in [5, 5.41) is 4.01. The van der Waals surface area contributed by atoms with E-state index in [1.165, 1.54) is 5.56 Å². The Hall–Kier alpha value is -2.17. The van der Waals surface area contributed by atoms with Crippen LogP contribution in [0.5, 0.6) is 0 Å². The van der Waals surface area contributed by atoms with E-state index in [-0.39, 0.29) is 11.3 Å². The fourth-order valence-electron chi connectivity index (χ4n) is 2.78. The molecule has 23 heavy (non-hydrogen) atoms. The topological polar surface area (TPSA) is 59.2 Å². The van der Waals surface area contributed by atoms with Gasteiger partial charge in [0.1, 0.15) is 0 Å². The van der Waals surface area contributed by atoms with Gasteiger partial charge in [0.2, 0.25) is 11.8 Å². The van der Waals surface area contributed by atoms with Gasteiger partial charge in [0.25, 0.3) is 0 Å². The van der Waals surface area contributed by atoms with Crippen LogP contribution in [-0.4, -0.2) is 22.6 Å². The molecule has 122 valence electrons.